The first-order valence-electron chi connectivity index (χ1n) is 8.52. The minimum absolute atomic E-state index is 0.0915. The Hall–Kier alpha value is -1.44. The van der Waals surface area contributed by atoms with E-state index in [2.05, 4.69) is 45.9 Å². The number of amides is 1. The van der Waals surface area contributed by atoms with Gasteiger partial charge in [-0.05, 0) is 36.5 Å². The van der Waals surface area contributed by atoms with E-state index in [1.54, 1.807) is 0 Å². The summed E-state index contributed by atoms with van der Waals surface area (Å²) in [6, 6.07) is 7.11. The lowest BCUT2D eigenvalue weighted by Gasteiger charge is -2.20. The van der Waals surface area contributed by atoms with Crippen molar-refractivity contribution in [2.45, 2.75) is 51.2 Å². The molecular formula is C18H26BrN3O3. The molecule has 1 aliphatic rings. The normalized spacial score (nSPS) is 21.2. The van der Waals surface area contributed by atoms with E-state index < -0.39 is 6.04 Å². The molecule has 0 aromatic heterocycles. The minimum Gasteiger partial charge on any atom is -0.469 e. The van der Waals surface area contributed by atoms with Gasteiger partial charge in [-0.1, -0.05) is 41.9 Å². The first-order valence-corrected chi connectivity index (χ1v) is 9.32. The number of halogens is 1. The summed E-state index contributed by atoms with van der Waals surface area (Å²) < 4.78 is 5.67. The van der Waals surface area contributed by atoms with Crippen LogP contribution in [0.3, 0.4) is 0 Å². The van der Waals surface area contributed by atoms with Gasteiger partial charge in [0.05, 0.1) is 19.6 Å². The second kappa shape index (κ2) is 9.31. The van der Waals surface area contributed by atoms with Crippen molar-refractivity contribution in [3.05, 3.63) is 34.3 Å². The van der Waals surface area contributed by atoms with Gasteiger partial charge in [-0.25, -0.2) is 5.43 Å². The molecule has 1 aromatic carbocycles. The number of hydrogen-bond acceptors (Lipinski definition) is 5. The van der Waals surface area contributed by atoms with E-state index in [9.17, 15) is 9.59 Å². The molecule has 1 heterocycles. The molecule has 3 atom stereocenters. The quantitative estimate of drug-likeness (QED) is 0.600. The molecule has 0 aliphatic carbocycles. The van der Waals surface area contributed by atoms with Crippen molar-refractivity contribution in [3.63, 3.8) is 0 Å². The van der Waals surface area contributed by atoms with E-state index in [0.717, 1.165) is 22.9 Å². The fourth-order valence-electron chi connectivity index (χ4n) is 3.02. The molecule has 0 bridgehead atoms. The highest BCUT2D eigenvalue weighted by Crippen LogP contribution is 2.22. The summed E-state index contributed by atoms with van der Waals surface area (Å²) in [4.78, 5) is 24.4. The lowest BCUT2D eigenvalue weighted by molar-refractivity contribution is -0.141. The fraction of sp³-hybridized carbons (Fsp3) is 0.556. The summed E-state index contributed by atoms with van der Waals surface area (Å²) in [5.41, 5.74) is 7.10. The Morgan fingerprint density at radius 3 is 2.76 bits per heavy atom. The summed E-state index contributed by atoms with van der Waals surface area (Å²) in [5.74, 6) is 0.0861. The van der Waals surface area contributed by atoms with Crippen LogP contribution >= 0.6 is 15.9 Å². The van der Waals surface area contributed by atoms with Crippen LogP contribution in [0.25, 0.3) is 0 Å². The topological polar surface area (TPSA) is 79.5 Å². The van der Waals surface area contributed by atoms with Gasteiger partial charge in [-0.2, -0.15) is 0 Å². The number of rotatable bonds is 7. The molecule has 0 radical (unpaired) electrons. The van der Waals surface area contributed by atoms with Gasteiger partial charge in [-0.3, -0.25) is 15.0 Å². The molecule has 25 heavy (non-hydrogen) atoms. The zero-order chi connectivity index (χ0) is 18.4. The van der Waals surface area contributed by atoms with Crippen LogP contribution in [0, 0.1) is 5.92 Å². The van der Waals surface area contributed by atoms with Gasteiger partial charge in [0.1, 0.15) is 6.04 Å². The van der Waals surface area contributed by atoms with Gasteiger partial charge in [0.2, 0.25) is 5.91 Å². The first-order chi connectivity index (χ1) is 11.9. The number of esters is 1. The third kappa shape index (κ3) is 6.09. The molecular weight excluding hydrogens is 386 g/mol. The third-order valence-corrected chi connectivity index (χ3v) is 4.71. The largest absolute Gasteiger partial charge is 0.469 e. The van der Waals surface area contributed by atoms with Crippen molar-refractivity contribution in [2.75, 3.05) is 7.11 Å². The highest BCUT2D eigenvalue weighted by molar-refractivity contribution is 9.10. The van der Waals surface area contributed by atoms with Gasteiger partial charge < -0.3 is 10.1 Å². The Labute approximate surface area is 157 Å². The van der Waals surface area contributed by atoms with Crippen LogP contribution in [-0.4, -0.2) is 31.1 Å². The van der Waals surface area contributed by atoms with E-state index in [0.29, 0.717) is 5.92 Å². The number of benzene rings is 1. The van der Waals surface area contributed by atoms with Crippen LogP contribution < -0.4 is 16.2 Å². The van der Waals surface area contributed by atoms with Gasteiger partial charge in [0.25, 0.3) is 0 Å². The number of methoxy groups -OCH3 is 1. The maximum absolute atomic E-state index is 12.6. The van der Waals surface area contributed by atoms with Crippen LogP contribution in [0.1, 0.15) is 44.7 Å². The monoisotopic (exact) mass is 411 g/mol. The smallest absolute Gasteiger partial charge is 0.307 e. The highest BCUT2D eigenvalue weighted by atomic mass is 79.9. The number of nitrogens with one attached hydrogen (secondary N) is 3. The summed E-state index contributed by atoms with van der Waals surface area (Å²) in [5, 5.41) is 2.98. The van der Waals surface area contributed by atoms with Crippen molar-refractivity contribution >= 4 is 27.8 Å². The molecule has 1 saturated heterocycles. The van der Waals surface area contributed by atoms with E-state index in [1.807, 2.05) is 24.3 Å². The van der Waals surface area contributed by atoms with Crippen molar-refractivity contribution in [2.24, 2.45) is 5.92 Å². The predicted octanol–water partition coefficient (Wildman–Crippen LogP) is 2.45. The van der Waals surface area contributed by atoms with E-state index in [-0.39, 0.29) is 30.4 Å². The summed E-state index contributed by atoms with van der Waals surface area (Å²) in [6.07, 6.45) is 1.83. The SMILES string of the molecule is COC(=O)CC(NC(=O)C1CC(CC(C)C)NN1)c1cccc(Br)c1. The fourth-order valence-corrected chi connectivity index (χ4v) is 3.43. The second-order valence-electron chi connectivity index (χ2n) is 6.80. The van der Waals surface area contributed by atoms with Crippen LogP contribution in [0.15, 0.2) is 28.7 Å². The Morgan fingerprint density at radius 1 is 1.36 bits per heavy atom. The average Bonchev–Trinajstić information content (AvgIpc) is 3.01. The Morgan fingerprint density at radius 2 is 2.12 bits per heavy atom. The summed E-state index contributed by atoms with van der Waals surface area (Å²) >= 11 is 3.43. The van der Waals surface area contributed by atoms with Crippen molar-refractivity contribution in [3.8, 4) is 0 Å². The van der Waals surface area contributed by atoms with Crippen LogP contribution in [0.4, 0.5) is 0 Å². The maximum Gasteiger partial charge on any atom is 0.307 e. The van der Waals surface area contributed by atoms with Crippen LogP contribution in [0.5, 0.6) is 0 Å². The van der Waals surface area contributed by atoms with Gasteiger partial charge in [0, 0.05) is 10.5 Å². The zero-order valence-corrected chi connectivity index (χ0v) is 16.4. The zero-order valence-electron chi connectivity index (χ0n) is 14.8. The predicted molar refractivity (Wildman–Crippen MR) is 99.6 cm³/mol. The molecule has 6 nitrogen and oxygen atoms in total. The van der Waals surface area contributed by atoms with Crippen molar-refractivity contribution in [1.29, 1.82) is 0 Å². The summed E-state index contributed by atoms with van der Waals surface area (Å²) in [6.45, 7) is 4.32. The van der Waals surface area contributed by atoms with E-state index >= 15 is 0 Å². The number of carbonyl (C=O) groups excluding carboxylic acids is 2. The molecule has 1 amide bonds. The highest BCUT2D eigenvalue weighted by Gasteiger charge is 2.31. The number of hydrazine groups is 1. The van der Waals surface area contributed by atoms with Crippen molar-refractivity contribution in [1.82, 2.24) is 16.2 Å². The van der Waals surface area contributed by atoms with Crippen LogP contribution in [-0.2, 0) is 14.3 Å². The Balaban J connectivity index is 2.03. The molecule has 3 unspecified atom stereocenters. The number of ether oxygens (including phenoxy) is 1. The molecule has 3 N–H and O–H groups in total. The Kier molecular flexibility index (Phi) is 7.40. The molecule has 0 spiro atoms. The standard InChI is InChI=1S/C18H26BrN3O3/c1-11(2)7-14-9-16(22-21-14)18(24)20-15(10-17(23)25-3)12-5-4-6-13(19)8-12/h4-6,8,11,14-16,21-22H,7,9-10H2,1-3H3,(H,20,24). The minimum atomic E-state index is -0.427. The van der Waals surface area contributed by atoms with E-state index in [4.69, 9.17) is 4.74 Å². The molecule has 1 fully saturated rings. The Bertz CT molecular complexity index is 609. The van der Waals surface area contributed by atoms with Crippen molar-refractivity contribution < 1.29 is 14.3 Å². The van der Waals surface area contributed by atoms with E-state index in [1.165, 1.54) is 7.11 Å². The molecule has 138 valence electrons. The average molecular weight is 412 g/mol. The van der Waals surface area contributed by atoms with Gasteiger partial charge >= 0.3 is 5.97 Å². The van der Waals surface area contributed by atoms with Gasteiger partial charge in [-0.15, -0.1) is 0 Å². The lowest BCUT2D eigenvalue weighted by atomic mass is 9.99. The third-order valence-electron chi connectivity index (χ3n) is 4.22. The molecule has 1 aromatic rings. The molecule has 0 saturated carbocycles. The molecule has 1 aliphatic heterocycles. The number of carbonyl (C=O) groups is 2. The van der Waals surface area contributed by atoms with Gasteiger partial charge in [0.15, 0.2) is 0 Å². The first kappa shape index (κ1) is 19.9. The second-order valence-corrected chi connectivity index (χ2v) is 7.72. The van der Waals surface area contributed by atoms with Crippen LogP contribution in [0.2, 0.25) is 0 Å². The lowest BCUT2D eigenvalue weighted by Crippen LogP contribution is -2.45. The molecule has 7 heteroatoms. The maximum atomic E-state index is 12.6. The summed E-state index contributed by atoms with van der Waals surface area (Å²) in [7, 11) is 1.35. The number of hydrogen-bond donors (Lipinski definition) is 3. The molecule has 2 rings (SSSR count).